The van der Waals surface area contributed by atoms with Gasteiger partial charge in [-0.2, -0.15) is 0 Å². The fourth-order valence-corrected chi connectivity index (χ4v) is 1.74. The summed E-state index contributed by atoms with van der Waals surface area (Å²) in [4.78, 5) is 48.2. The van der Waals surface area contributed by atoms with Crippen LogP contribution in [0.2, 0.25) is 0 Å². The van der Waals surface area contributed by atoms with Crippen LogP contribution in [-0.4, -0.2) is 50.1 Å². The van der Waals surface area contributed by atoms with E-state index in [4.69, 9.17) is 39.6 Å². The van der Waals surface area contributed by atoms with Crippen molar-refractivity contribution in [3.05, 3.63) is 70.8 Å². The normalized spacial score (nSPS) is 8.19. The van der Waals surface area contributed by atoms with E-state index in [1.807, 2.05) is 62.4 Å². The van der Waals surface area contributed by atoms with E-state index in [-0.39, 0.29) is 5.78 Å². The zero-order chi connectivity index (χ0) is 25.9. The van der Waals surface area contributed by atoms with Gasteiger partial charge in [-0.15, -0.1) is 0 Å². The molecular weight excluding hydrogens is 420 g/mol. The Labute approximate surface area is 187 Å². The fraction of sp³-hybridized carbons (Fsp3) is 0.261. The molecule has 0 aliphatic carbocycles. The Kier molecular flexibility index (Phi) is 19.4. The van der Waals surface area contributed by atoms with Crippen molar-refractivity contribution in [2.45, 2.75) is 41.5 Å². The highest BCUT2D eigenvalue weighted by molar-refractivity contribution is 6.10. The van der Waals surface area contributed by atoms with E-state index < -0.39 is 23.9 Å². The van der Waals surface area contributed by atoms with Crippen LogP contribution in [0.15, 0.2) is 48.5 Å². The molecule has 9 nitrogen and oxygen atoms in total. The van der Waals surface area contributed by atoms with Crippen molar-refractivity contribution in [2.75, 3.05) is 0 Å². The molecule has 32 heavy (non-hydrogen) atoms. The highest BCUT2D eigenvalue weighted by Crippen LogP contribution is 2.16. The Balaban J connectivity index is -0.000000432. The van der Waals surface area contributed by atoms with Gasteiger partial charge < -0.3 is 20.4 Å². The molecule has 0 radical (unpaired) electrons. The molecule has 0 saturated heterocycles. The molecule has 4 N–H and O–H groups in total. The summed E-state index contributed by atoms with van der Waals surface area (Å²) in [5, 5.41) is 29.7. The van der Waals surface area contributed by atoms with E-state index in [0.717, 1.165) is 49.9 Å². The smallest absolute Gasteiger partial charge is 0.300 e. The minimum absolute atomic E-state index is 0.0989. The number of aliphatic carboxylic acids is 4. The van der Waals surface area contributed by atoms with Crippen molar-refractivity contribution in [2.24, 2.45) is 0 Å². The van der Waals surface area contributed by atoms with Gasteiger partial charge in [0.2, 0.25) is 0 Å². The first-order valence-electron chi connectivity index (χ1n) is 9.07. The predicted octanol–water partition coefficient (Wildman–Crippen LogP) is 3.90. The number of carboxylic acids is 4. The van der Waals surface area contributed by atoms with Crippen molar-refractivity contribution >= 4 is 29.7 Å². The third kappa shape index (κ3) is 24.0. The average Bonchev–Trinajstić information content (AvgIpc) is 2.62. The summed E-state index contributed by atoms with van der Waals surface area (Å²) in [7, 11) is 0. The average molecular weight is 450 g/mol. The van der Waals surface area contributed by atoms with Crippen molar-refractivity contribution in [3.8, 4) is 0 Å². The second-order valence-electron chi connectivity index (χ2n) is 6.02. The lowest BCUT2D eigenvalue weighted by atomic mass is 9.96. The van der Waals surface area contributed by atoms with E-state index in [2.05, 4.69) is 0 Å². The van der Waals surface area contributed by atoms with Gasteiger partial charge in [0.05, 0.1) is 0 Å². The summed E-state index contributed by atoms with van der Waals surface area (Å²) in [5.74, 6) is -3.23. The molecule has 0 aliphatic rings. The Morgan fingerprint density at radius 2 is 0.906 bits per heavy atom. The lowest BCUT2D eigenvalue weighted by molar-refractivity contribution is -0.135. The summed E-state index contributed by atoms with van der Waals surface area (Å²) in [6.45, 7) is 8.35. The largest absolute Gasteiger partial charge is 0.481 e. The lowest BCUT2D eigenvalue weighted by Crippen LogP contribution is -2.04. The van der Waals surface area contributed by atoms with Crippen LogP contribution in [0.1, 0.15) is 54.7 Å². The first kappa shape index (κ1) is 32.6. The number of carbonyl (C=O) groups excluding carboxylic acids is 1. The molecule has 0 fully saturated rings. The molecule has 0 aliphatic heterocycles. The predicted molar refractivity (Wildman–Crippen MR) is 119 cm³/mol. The Hall–Kier alpha value is -4.01. The van der Waals surface area contributed by atoms with Crippen molar-refractivity contribution < 1.29 is 44.4 Å². The topological polar surface area (TPSA) is 166 Å². The molecule has 0 spiro atoms. The van der Waals surface area contributed by atoms with Gasteiger partial charge in [-0.05, 0) is 25.0 Å². The molecule has 0 amide bonds. The molecule has 176 valence electrons. The quantitative estimate of drug-likeness (QED) is 0.496. The number of benzene rings is 2. The van der Waals surface area contributed by atoms with Gasteiger partial charge >= 0.3 is 0 Å². The van der Waals surface area contributed by atoms with Crippen LogP contribution in [0.4, 0.5) is 0 Å². The van der Waals surface area contributed by atoms with Gasteiger partial charge in [-0.1, -0.05) is 48.5 Å². The van der Waals surface area contributed by atoms with Crippen molar-refractivity contribution in [1.29, 1.82) is 0 Å². The van der Waals surface area contributed by atoms with Crippen LogP contribution < -0.4 is 0 Å². The van der Waals surface area contributed by atoms with E-state index in [0.29, 0.717) is 0 Å². The van der Waals surface area contributed by atoms with Crippen LogP contribution in [0.5, 0.6) is 0 Å². The number of hydrogen-bond donors (Lipinski definition) is 4. The summed E-state index contributed by atoms with van der Waals surface area (Å²) < 4.78 is 0. The standard InChI is InChI=1S/C15H14O.4C2H4O2/c1-11-7-6-10-14(12(11)2)15(16)13-8-4-3-5-9-13;4*1-2(3)4/h3-10H,1-2H3;4*1H3,(H,3,4). The minimum Gasteiger partial charge on any atom is -0.481 e. The van der Waals surface area contributed by atoms with E-state index >= 15 is 0 Å². The molecule has 2 rings (SSSR count). The van der Waals surface area contributed by atoms with Crippen LogP contribution in [0.3, 0.4) is 0 Å². The van der Waals surface area contributed by atoms with Gasteiger partial charge in [0, 0.05) is 38.8 Å². The summed E-state index contributed by atoms with van der Waals surface area (Å²) >= 11 is 0. The lowest BCUT2D eigenvalue weighted by Gasteiger charge is -2.07. The van der Waals surface area contributed by atoms with Gasteiger partial charge in [-0.25, -0.2) is 0 Å². The van der Waals surface area contributed by atoms with Gasteiger partial charge in [0.15, 0.2) is 5.78 Å². The molecule has 0 heterocycles. The number of carbonyl (C=O) groups is 5. The second kappa shape index (κ2) is 19.0. The Morgan fingerprint density at radius 3 is 1.25 bits per heavy atom. The molecule has 0 unspecified atom stereocenters. The molecule has 0 saturated carbocycles. The van der Waals surface area contributed by atoms with Crippen molar-refractivity contribution in [3.63, 3.8) is 0 Å². The fourth-order valence-electron chi connectivity index (χ4n) is 1.74. The molecule has 9 heteroatoms. The van der Waals surface area contributed by atoms with E-state index in [1.165, 1.54) is 0 Å². The van der Waals surface area contributed by atoms with E-state index in [9.17, 15) is 4.79 Å². The second-order valence-corrected chi connectivity index (χ2v) is 6.02. The minimum atomic E-state index is -0.833. The summed E-state index contributed by atoms with van der Waals surface area (Å²) in [6, 6.07) is 15.2. The Morgan fingerprint density at radius 1 is 0.562 bits per heavy atom. The number of aryl methyl sites for hydroxylation is 1. The number of carboxylic acid groups (broad SMARTS) is 4. The first-order chi connectivity index (χ1) is 14.6. The molecule has 0 atom stereocenters. The zero-order valence-electron chi connectivity index (χ0n) is 18.9. The van der Waals surface area contributed by atoms with Gasteiger partial charge in [0.25, 0.3) is 23.9 Å². The third-order valence-corrected chi connectivity index (χ3v) is 2.89. The number of hydrogen-bond acceptors (Lipinski definition) is 5. The zero-order valence-corrected chi connectivity index (χ0v) is 18.9. The molecule has 0 aromatic heterocycles. The maximum absolute atomic E-state index is 12.2. The highest BCUT2D eigenvalue weighted by Gasteiger charge is 2.11. The van der Waals surface area contributed by atoms with Crippen LogP contribution in [0.25, 0.3) is 0 Å². The maximum Gasteiger partial charge on any atom is 0.300 e. The third-order valence-electron chi connectivity index (χ3n) is 2.89. The van der Waals surface area contributed by atoms with E-state index in [1.54, 1.807) is 0 Å². The van der Waals surface area contributed by atoms with Gasteiger partial charge in [-0.3, -0.25) is 24.0 Å². The maximum atomic E-state index is 12.2. The molecular formula is C23H30O9. The van der Waals surface area contributed by atoms with Crippen LogP contribution >= 0.6 is 0 Å². The molecule has 2 aromatic rings. The van der Waals surface area contributed by atoms with Crippen LogP contribution in [-0.2, 0) is 19.2 Å². The molecule has 0 bridgehead atoms. The first-order valence-corrected chi connectivity index (χ1v) is 9.07. The summed E-state index contributed by atoms with van der Waals surface area (Å²) in [6.07, 6.45) is 0. The SMILES string of the molecule is CC(=O)O.CC(=O)O.CC(=O)O.CC(=O)O.Cc1cccc(C(=O)c2ccccc2)c1C. The number of ketones is 1. The van der Waals surface area contributed by atoms with Gasteiger partial charge in [0.1, 0.15) is 0 Å². The summed E-state index contributed by atoms with van der Waals surface area (Å²) in [5.41, 5.74) is 3.76. The number of rotatable bonds is 2. The van der Waals surface area contributed by atoms with Crippen molar-refractivity contribution in [1.82, 2.24) is 0 Å². The van der Waals surface area contributed by atoms with Crippen LogP contribution in [0, 0.1) is 13.8 Å². The Bertz CT molecular complexity index is 808. The monoisotopic (exact) mass is 450 g/mol. The highest BCUT2D eigenvalue weighted by atomic mass is 16.4. The molecule has 2 aromatic carbocycles.